The quantitative estimate of drug-likeness (QED) is 0.0238. The predicted molar refractivity (Wildman–Crippen MR) is 583 cm³/mol. The number of benzene rings is 16. The number of nitrogens with two attached hydrogens (primary N) is 10. The minimum atomic E-state index is 0.408. The Balaban J connectivity index is 0.000000126. The number of allylic oxidation sites excluding steroid dienone is 1. The van der Waals surface area contributed by atoms with E-state index >= 15 is 0 Å². The molecule has 704 valence electrons. The largest absolute Gasteiger partial charge is 0.489 e. The molecule has 0 unspecified atom stereocenters. The molecule has 20 rings (SSSR count). The smallest absolute Gasteiger partial charge is 0.130 e. The van der Waals surface area contributed by atoms with Gasteiger partial charge in [0, 0.05) is 126 Å². The van der Waals surface area contributed by atoms with Gasteiger partial charge in [0.05, 0.1) is 23.6 Å². The number of nitrogen functional groups attached to an aromatic ring is 5. The van der Waals surface area contributed by atoms with Gasteiger partial charge < -0.3 is 81.0 Å². The van der Waals surface area contributed by atoms with Crippen LogP contribution in [0.5, 0.6) is 28.7 Å². The number of hydrogen-bond donors (Lipinski definition) is 10. The van der Waals surface area contributed by atoms with E-state index < -0.39 is 0 Å². The first kappa shape index (κ1) is 96.8. The van der Waals surface area contributed by atoms with Crippen molar-refractivity contribution in [2.45, 2.75) is 107 Å². The third kappa shape index (κ3) is 24.2. The maximum absolute atomic E-state index is 6.05. The van der Waals surface area contributed by atoms with Gasteiger partial charge in [0.2, 0.25) is 0 Å². The van der Waals surface area contributed by atoms with E-state index in [0.29, 0.717) is 65.8 Å². The van der Waals surface area contributed by atoms with Crippen LogP contribution >= 0.6 is 0 Å². The number of hydrogen-bond acceptors (Lipinski definition) is 19. The summed E-state index contributed by atoms with van der Waals surface area (Å²) in [5.74, 6) is 4.05. The van der Waals surface area contributed by atoms with Crippen LogP contribution in [0.4, 0.5) is 28.4 Å². The van der Waals surface area contributed by atoms with Crippen LogP contribution in [0, 0.1) is 41.5 Å². The van der Waals surface area contributed by atoms with Crippen LogP contribution in [-0.4, -0.2) is 41.7 Å². The summed E-state index contributed by atoms with van der Waals surface area (Å²) in [5.41, 5.74) is 93.6. The number of fused-ring (bicyclic) bond motifs is 5. The molecule has 0 saturated carbocycles. The van der Waals surface area contributed by atoms with E-state index in [1.165, 1.54) is 65.9 Å². The monoisotopic (exact) mass is 1850 g/mol. The van der Waals surface area contributed by atoms with Crippen molar-refractivity contribution >= 4 is 94.2 Å². The summed E-state index contributed by atoms with van der Waals surface area (Å²) in [6, 6.07) is 101. The molecule has 0 bridgehead atoms. The molecule has 18 aromatic rings. The minimum Gasteiger partial charge on any atom is -0.489 e. The van der Waals surface area contributed by atoms with Crippen LogP contribution < -0.4 is 81.0 Å². The first-order valence-electron chi connectivity index (χ1n) is 47.0. The number of pyridine rings is 2. The number of rotatable bonds is 25. The van der Waals surface area contributed by atoms with Crippen molar-refractivity contribution in [3.8, 4) is 84.4 Å². The van der Waals surface area contributed by atoms with Crippen LogP contribution in [-0.2, 0) is 52.5 Å². The molecule has 4 heterocycles. The van der Waals surface area contributed by atoms with E-state index in [9.17, 15) is 0 Å². The molecule has 2 aliphatic heterocycles. The van der Waals surface area contributed by atoms with E-state index in [-0.39, 0.29) is 0 Å². The van der Waals surface area contributed by atoms with Gasteiger partial charge >= 0.3 is 0 Å². The van der Waals surface area contributed by atoms with E-state index in [1.807, 2.05) is 128 Å². The second kappa shape index (κ2) is 45.1. The third-order valence-electron chi connectivity index (χ3n) is 25.1. The molecule has 19 heteroatoms. The van der Waals surface area contributed by atoms with Crippen molar-refractivity contribution in [3.05, 3.63) is 417 Å². The molecule has 20 N–H and O–H groups in total. The van der Waals surface area contributed by atoms with Gasteiger partial charge in [-0.3, -0.25) is 20.0 Å². The average molecular weight is 1850 g/mol. The fourth-order valence-corrected chi connectivity index (χ4v) is 17.8. The Morgan fingerprint density at radius 1 is 0.293 bits per heavy atom. The van der Waals surface area contributed by atoms with Gasteiger partial charge in [-0.05, 0) is 367 Å². The summed E-state index contributed by atoms with van der Waals surface area (Å²) >= 11 is 0. The molecular formula is C121H120N14O5. The molecule has 2 aromatic heterocycles. The molecule has 0 aliphatic carbocycles. The zero-order chi connectivity index (χ0) is 97.9. The van der Waals surface area contributed by atoms with Crippen molar-refractivity contribution in [3.63, 3.8) is 0 Å². The maximum Gasteiger partial charge on any atom is 0.130 e. The van der Waals surface area contributed by atoms with E-state index in [2.05, 4.69) is 256 Å². The Kier molecular flexibility index (Phi) is 31.2. The summed E-state index contributed by atoms with van der Waals surface area (Å²) in [7, 11) is 0. The van der Waals surface area contributed by atoms with Gasteiger partial charge in [0.25, 0.3) is 0 Å². The standard InChI is InChI=1S/C26H26N2O.C24H25N3O.2C24H23N3O.C23H23N3O/c1-17-3-5-19(6-4-17)16-29-26-10-8-21(13-23(26)15-27)20-7-9-25-18(2)11-24(28)14-22(25)12-20;1-15-7-22(27-13-15)14-28-24-6-4-18(10-20(24)12-25)17-3-5-23-16(2)8-21(26)11-19(23)9-17;1-16-9-22(26)12-20-10-18(4-6-23(16)20)19-5-7-24(21(11-19)13-25)28-15-17-3-2-8-27-14-17;1-16-10-21(26)13-19-11-17(5-7-23(16)19)18-6-8-24(20(12-18)14-25)28-15-22-4-2-3-9-27-22;1-15-9-20(25)12-18-10-16(4-6-22(15)18)17-5-7-23(19(11-17)13-24)27-14-21-3-2-8-26-21/h3-14H,15-16,27-28H2,1-2H3;3-11H,12-14,25-26H2,1-2H3;2-12,14H,13,15,25-26H2,1H3;2-13H,14-15,25-26H2,1H3;3-12H,2,13-14,24-25H2,1H3. The van der Waals surface area contributed by atoms with Crippen LogP contribution in [0.3, 0.4) is 0 Å². The lowest BCUT2D eigenvalue weighted by Crippen LogP contribution is -2.10. The maximum atomic E-state index is 6.05. The Labute approximate surface area is 818 Å². The van der Waals surface area contributed by atoms with Crippen LogP contribution in [0.25, 0.3) is 109 Å². The summed E-state index contributed by atoms with van der Waals surface area (Å²) in [6.45, 7) is 19.8. The molecule has 0 fully saturated rings. The third-order valence-corrected chi connectivity index (χ3v) is 25.1. The van der Waals surface area contributed by atoms with Crippen molar-refractivity contribution in [2.75, 3.05) is 48.4 Å². The lowest BCUT2D eigenvalue weighted by atomic mass is 9.97. The molecule has 19 nitrogen and oxygen atoms in total. The molecule has 2 aliphatic rings. The lowest BCUT2D eigenvalue weighted by molar-refractivity contribution is 0.298. The Hall–Kier alpha value is -16.3. The highest BCUT2D eigenvalue weighted by Gasteiger charge is 2.18. The molecule has 16 aromatic carbocycles. The topological polar surface area (TPSA) is 357 Å². The molecule has 140 heavy (non-hydrogen) atoms. The second-order valence-electron chi connectivity index (χ2n) is 35.7. The Morgan fingerprint density at radius 2 is 0.621 bits per heavy atom. The molecule has 0 amide bonds. The van der Waals surface area contributed by atoms with Gasteiger partial charge in [-0.15, -0.1) is 0 Å². The molecule has 0 saturated heterocycles. The SMILES string of the molecule is CC1=CC(COc2ccc(-c3ccc4c(C)cc(N)cc4c3)cc2CN)=NC1.Cc1cc(N)cc2cc(-c3ccc(OCC4=CCC=N4)c(CN)c3)ccc12.Cc1cc(N)cc2cc(-c3ccc(OCc4ccccn4)c(CN)c3)ccc12.Cc1cc(N)cc2cc(-c3ccc(OCc4cccnc4)c(CN)c3)ccc12.Cc1ccc(COc2ccc(-c3ccc4c(C)cc(N)cc4c3)cc2CN)cc1. The highest BCUT2D eigenvalue weighted by molar-refractivity contribution is 6.00. The number of aliphatic imine (C=N–C) groups is 2. The predicted octanol–water partition coefficient (Wildman–Crippen LogP) is 24.6. The van der Waals surface area contributed by atoms with Crippen molar-refractivity contribution in [1.82, 2.24) is 9.97 Å². The van der Waals surface area contributed by atoms with E-state index in [0.717, 1.165) is 209 Å². The number of aromatic nitrogens is 2. The van der Waals surface area contributed by atoms with Gasteiger partial charge in [-0.2, -0.15) is 0 Å². The zero-order valence-corrected chi connectivity index (χ0v) is 80.3. The highest BCUT2D eigenvalue weighted by atomic mass is 16.5. The van der Waals surface area contributed by atoms with Crippen molar-refractivity contribution < 1.29 is 23.7 Å². The molecule has 0 spiro atoms. The Morgan fingerprint density at radius 3 is 0.929 bits per heavy atom. The summed E-state index contributed by atoms with van der Waals surface area (Å²) < 4.78 is 29.9. The van der Waals surface area contributed by atoms with Crippen molar-refractivity contribution in [2.24, 2.45) is 38.7 Å². The summed E-state index contributed by atoms with van der Waals surface area (Å²) in [5, 5.41) is 11.8. The zero-order valence-electron chi connectivity index (χ0n) is 80.3. The highest BCUT2D eigenvalue weighted by Crippen LogP contribution is 2.39. The number of nitrogens with zero attached hydrogens (tertiary/aromatic N) is 4. The number of anilines is 5. The normalized spacial score (nSPS) is 11.9. The van der Waals surface area contributed by atoms with Gasteiger partial charge in [0.1, 0.15) is 61.8 Å². The summed E-state index contributed by atoms with van der Waals surface area (Å²) in [4.78, 5) is 17.1. The average Bonchev–Trinajstić information content (AvgIpc) is 1.02. The molecule has 0 atom stereocenters. The van der Waals surface area contributed by atoms with E-state index in [4.69, 9.17) is 81.0 Å². The fraction of sp³-hybridized carbons (Fsp3) is 0.157. The first-order chi connectivity index (χ1) is 68.0. The Bertz CT molecular complexity index is 7510. The number of aryl methyl sites for hydroxylation is 6. The molecular weight excluding hydrogens is 1730 g/mol. The minimum absolute atomic E-state index is 0.408. The molecule has 0 radical (unpaired) electrons. The number of ether oxygens (including phenoxy) is 5. The second-order valence-corrected chi connectivity index (χ2v) is 35.7. The van der Waals surface area contributed by atoms with E-state index in [1.54, 1.807) is 18.6 Å². The summed E-state index contributed by atoms with van der Waals surface area (Å²) in [6.07, 6.45) is 12.2. The van der Waals surface area contributed by atoms with Crippen LogP contribution in [0.2, 0.25) is 0 Å². The lowest BCUT2D eigenvalue weighted by Gasteiger charge is -2.13. The van der Waals surface area contributed by atoms with Crippen molar-refractivity contribution in [1.29, 1.82) is 0 Å². The van der Waals surface area contributed by atoms with Crippen LogP contribution in [0.1, 0.15) is 91.4 Å². The first-order valence-corrected chi connectivity index (χ1v) is 47.0. The van der Waals surface area contributed by atoms with Gasteiger partial charge in [0.15, 0.2) is 0 Å². The van der Waals surface area contributed by atoms with Gasteiger partial charge in [-0.25, -0.2) is 0 Å². The fourth-order valence-electron chi connectivity index (χ4n) is 17.8. The van der Waals surface area contributed by atoms with Gasteiger partial charge in [-0.1, -0.05) is 145 Å². The van der Waals surface area contributed by atoms with Crippen LogP contribution in [0.15, 0.2) is 349 Å².